The lowest BCUT2D eigenvalue weighted by atomic mass is 10.1. The standard InChI is InChI=1S/C16H12BrClN2O3/c1-2-23-16(22)7-3-4-8-11(5-7)20-14-9(15(19)21)6-10(18)13(17)12(8)14/h3-6,20H,2H2,1H3,(H2,19,21). The number of nitrogens with two attached hydrogens (primary N) is 1. The van der Waals surface area contributed by atoms with Crippen molar-refractivity contribution in [1.82, 2.24) is 4.98 Å². The SMILES string of the molecule is CCOC(=O)c1ccc2c(c1)[nH]c1c(C(N)=O)cc(Cl)c(Br)c12. The van der Waals surface area contributed by atoms with E-state index in [2.05, 4.69) is 20.9 Å². The van der Waals surface area contributed by atoms with Gasteiger partial charge >= 0.3 is 5.97 Å². The molecule has 0 spiro atoms. The number of benzene rings is 2. The van der Waals surface area contributed by atoms with Gasteiger partial charge in [0.25, 0.3) is 5.91 Å². The molecular formula is C16H12BrClN2O3. The van der Waals surface area contributed by atoms with E-state index in [9.17, 15) is 9.59 Å². The van der Waals surface area contributed by atoms with Crippen molar-refractivity contribution in [2.24, 2.45) is 5.73 Å². The molecule has 0 aliphatic heterocycles. The summed E-state index contributed by atoms with van der Waals surface area (Å²) >= 11 is 9.62. The first kappa shape index (κ1) is 15.8. The van der Waals surface area contributed by atoms with E-state index in [4.69, 9.17) is 22.1 Å². The summed E-state index contributed by atoms with van der Waals surface area (Å²) in [5.74, 6) is -0.984. The van der Waals surface area contributed by atoms with Gasteiger partial charge in [-0.1, -0.05) is 17.7 Å². The van der Waals surface area contributed by atoms with E-state index in [1.807, 2.05) is 0 Å². The quantitative estimate of drug-likeness (QED) is 0.657. The molecule has 0 saturated heterocycles. The first-order chi connectivity index (χ1) is 10.9. The largest absolute Gasteiger partial charge is 0.462 e. The fourth-order valence-electron chi connectivity index (χ4n) is 2.54. The van der Waals surface area contributed by atoms with E-state index in [1.165, 1.54) is 6.07 Å². The normalized spacial score (nSPS) is 11.1. The molecule has 5 nitrogen and oxygen atoms in total. The lowest BCUT2D eigenvalue weighted by molar-refractivity contribution is 0.0526. The maximum atomic E-state index is 11.9. The van der Waals surface area contributed by atoms with E-state index in [1.54, 1.807) is 25.1 Å². The maximum absolute atomic E-state index is 11.9. The number of aromatic amines is 1. The molecule has 0 atom stereocenters. The summed E-state index contributed by atoms with van der Waals surface area (Å²) < 4.78 is 5.66. The van der Waals surface area contributed by atoms with E-state index >= 15 is 0 Å². The van der Waals surface area contributed by atoms with Gasteiger partial charge in [0.1, 0.15) is 0 Å². The molecule has 0 radical (unpaired) electrons. The summed E-state index contributed by atoms with van der Waals surface area (Å²) in [4.78, 5) is 26.7. The van der Waals surface area contributed by atoms with Gasteiger partial charge in [0.15, 0.2) is 0 Å². The molecule has 0 aliphatic rings. The van der Waals surface area contributed by atoms with Crippen LogP contribution in [-0.4, -0.2) is 23.5 Å². The van der Waals surface area contributed by atoms with Gasteiger partial charge in [-0.25, -0.2) is 4.79 Å². The maximum Gasteiger partial charge on any atom is 0.338 e. The van der Waals surface area contributed by atoms with Crippen LogP contribution in [0.3, 0.4) is 0 Å². The summed E-state index contributed by atoms with van der Waals surface area (Å²) in [5, 5.41) is 1.96. The minimum absolute atomic E-state index is 0.294. The Hall–Kier alpha value is -2.05. The van der Waals surface area contributed by atoms with Crippen molar-refractivity contribution >= 4 is 61.2 Å². The predicted octanol–water partition coefficient (Wildman–Crippen LogP) is 4.01. The monoisotopic (exact) mass is 394 g/mol. The van der Waals surface area contributed by atoms with Gasteiger partial charge < -0.3 is 15.5 Å². The predicted molar refractivity (Wildman–Crippen MR) is 93.0 cm³/mol. The van der Waals surface area contributed by atoms with Crippen LogP contribution in [0.25, 0.3) is 21.8 Å². The minimum Gasteiger partial charge on any atom is -0.462 e. The Morgan fingerprint density at radius 2 is 2.09 bits per heavy atom. The van der Waals surface area contributed by atoms with Gasteiger partial charge in [0, 0.05) is 20.8 Å². The summed E-state index contributed by atoms with van der Waals surface area (Å²) in [7, 11) is 0. The summed E-state index contributed by atoms with van der Waals surface area (Å²) in [5.41, 5.74) is 7.41. The van der Waals surface area contributed by atoms with E-state index in [0.29, 0.717) is 38.3 Å². The fraction of sp³-hybridized carbons (Fsp3) is 0.125. The van der Waals surface area contributed by atoms with Crippen molar-refractivity contribution in [1.29, 1.82) is 0 Å². The fourth-order valence-corrected chi connectivity index (χ4v) is 3.27. The summed E-state index contributed by atoms with van der Waals surface area (Å²) in [6.07, 6.45) is 0. The molecule has 0 saturated carbocycles. The highest BCUT2D eigenvalue weighted by Gasteiger charge is 2.18. The van der Waals surface area contributed by atoms with Crippen LogP contribution in [0.4, 0.5) is 0 Å². The molecule has 2 aromatic carbocycles. The molecule has 1 aromatic heterocycles. The van der Waals surface area contributed by atoms with Crippen molar-refractivity contribution in [2.75, 3.05) is 6.61 Å². The molecule has 1 amide bonds. The molecule has 23 heavy (non-hydrogen) atoms. The number of esters is 1. The molecule has 3 aromatic rings. The number of ether oxygens (including phenoxy) is 1. The molecule has 3 N–H and O–H groups in total. The first-order valence-electron chi connectivity index (χ1n) is 6.84. The Morgan fingerprint density at radius 1 is 1.35 bits per heavy atom. The zero-order chi connectivity index (χ0) is 16.7. The average Bonchev–Trinajstić information content (AvgIpc) is 2.89. The third-order valence-electron chi connectivity index (χ3n) is 3.54. The number of carbonyl (C=O) groups excluding carboxylic acids is 2. The highest BCUT2D eigenvalue weighted by molar-refractivity contribution is 9.10. The Bertz CT molecular complexity index is 965. The Kier molecular flexibility index (Phi) is 4.04. The van der Waals surface area contributed by atoms with Crippen LogP contribution in [0, 0.1) is 0 Å². The van der Waals surface area contributed by atoms with Crippen LogP contribution in [0.5, 0.6) is 0 Å². The number of nitrogens with one attached hydrogen (secondary N) is 1. The smallest absolute Gasteiger partial charge is 0.338 e. The highest BCUT2D eigenvalue weighted by atomic mass is 79.9. The van der Waals surface area contributed by atoms with Crippen molar-refractivity contribution in [3.63, 3.8) is 0 Å². The van der Waals surface area contributed by atoms with Gasteiger partial charge in [-0.3, -0.25) is 4.79 Å². The number of halogens is 2. The number of carbonyl (C=O) groups is 2. The summed E-state index contributed by atoms with van der Waals surface area (Å²) in [6.45, 7) is 2.05. The van der Waals surface area contributed by atoms with E-state index < -0.39 is 11.9 Å². The second-order valence-corrected chi connectivity index (χ2v) is 6.14. The van der Waals surface area contributed by atoms with Gasteiger partial charge in [-0.15, -0.1) is 0 Å². The number of primary amides is 1. The van der Waals surface area contributed by atoms with Crippen LogP contribution in [0.2, 0.25) is 5.02 Å². The molecule has 0 bridgehead atoms. The van der Waals surface area contributed by atoms with Crippen LogP contribution in [0.15, 0.2) is 28.7 Å². The lowest BCUT2D eigenvalue weighted by Crippen LogP contribution is -2.11. The Labute approximate surface area is 144 Å². The molecule has 0 aliphatic carbocycles. The number of hydrogen-bond acceptors (Lipinski definition) is 3. The topological polar surface area (TPSA) is 85.2 Å². The average molecular weight is 396 g/mol. The second-order valence-electron chi connectivity index (χ2n) is 4.94. The van der Waals surface area contributed by atoms with Gasteiger partial charge in [-0.2, -0.15) is 0 Å². The zero-order valence-electron chi connectivity index (χ0n) is 12.1. The van der Waals surface area contributed by atoms with Crippen LogP contribution in [-0.2, 0) is 4.74 Å². The molecule has 0 unspecified atom stereocenters. The molecule has 0 fully saturated rings. The number of aromatic nitrogens is 1. The molecule has 118 valence electrons. The minimum atomic E-state index is -0.582. The lowest BCUT2D eigenvalue weighted by Gasteiger charge is -2.04. The first-order valence-corrected chi connectivity index (χ1v) is 8.01. The van der Waals surface area contributed by atoms with Crippen molar-refractivity contribution in [2.45, 2.75) is 6.92 Å². The third kappa shape index (κ3) is 2.58. The third-order valence-corrected chi connectivity index (χ3v) is 4.89. The van der Waals surface area contributed by atoms with Gasteiger partial charge in [-0.05, 0) is 41.1 Å². The van der Waals surface area contributed by atoms with Crippen LogP contribution < -0.4 is 5.73 Å². The molecule has 3 rings (SSSR count). The van der Waals surface area contributed by atoms with Crippen molar-refractivity contribution in [3.8, 4) is 0 Å². The van der Waals surface area contributed by atoms with Crippen molar-refractivity contribution < 1.29 is 14.3 Å². The van der Waals surface area contributed by atoms with Gasteiger partial charge in [0.2, 0.25) is 0 Å². The van der Waals surface area contributed by atoms with Crippen molar-refractivity contribution in [3.05, 3.63) is 44.9 Å². The Morgan fingerprint density at radius 3 is 2.74 bits per heavy atom. The second kappa shape index (κ2) is 5.86. The van der Waals surface area contributed by atoms with E-state index in [0.717, 1.165) is 10.8 Å². The molecular weight excluding hydrogens is 384 g/mol. The number of H-pyrrole nitrogens is 1. The van der Waals surface area contributed by atoms with Gasteiger partial charge in [0.05, 0.1) is 28.3 Å². The number of rotatable bonds is 3. The van der Waals surface area contributed by atoms with E-state index in [-0.39, 0.29) is 0 Å². The molecule has 1 heterocycles. The van der Waals surface area contributed by atoms with Crippen LogP contribution >= 0.6 is 27.5 Å². The number of amides is 1. The highest BCUT2D eigenvalue weighted by Crippen LogP contribution is 2.38. The number of hydrogen-bond donors (Lipinski definition) is 2. The zero-order valence-corrected chi connectivity index (χ0v) is 14.4. The van der Waals surface area contributed by atoms with Crippen LogP contribution in [0.1, 0.15) is 27.6 Å². The number of fused-ring (bicyclic) bond motifs is 3. The Balaban J connectivity index is 2.34. The summed E-state index contributed by atoms with van der Waals surface area (Å²) in [6, 6.07) is 6.65. The molecule has 7 heteroatoms.